The Morgan fingerprint density at radius 3 is 2.53 bits per heavy atom. The molecule has 0 amide bonds. The SMILES string of the molecule is O=c1[nH]c2ccccc2cc1Cc1ccccc1F. The van der Waals surface area contributed by atoms with Crippen molar-refractivity contribution in [3.63, 3.8) is 0 Å². The number of nitrogens with one attached hydrogen (secondary N) is 1. The topological polar surface area (TPSA) is 32.9 Å². The minimum absolute atomic E-state index is 0.165. The minimum Gasteiger partial charge on any atom is -0.322 e. The molecular weight excluding hydrogens is 241 g/mol. The first-order valence-electron chi connectivity index (χ1n) is 6.08. The molecule has 0 radical (unpaired) electrons. The lowest BCUT2D eigenvalue weighted by molar-refractivity contribution is 0.614. The number of halogens is 1. The van der Waals surface area contributed by atoms with Crippen LogP contribution in [0.5, 0.6) is 0 Å². The molecule has 19 heavy (non-hydrogen) atoms. The maximum absolute atomic E-state index is 13.6. The zero-order chi connectivity index (χ0) is 13.2. The van der Waals surface area contributed by atoms with Crippen molar-refractivity contribution < 1.29 is 4.39 Å². The smallest absolute Gasteiger partial charge is 0.251 e. The molecule has 0 unspecified atom stereocenters. The Balaban J connectivity index is 2.08. The monoisotopic (exact) mass is 253 g/mol. The van der Waals surface area contributed by atoms with Gasteiger partial charge in [0.1, 0.15) is 5.82 Å². The predicted octanol–water partition coefficient (Wildman–Crippen LogP) is 3.26. The molecule has 1 aromatic heterocycles. The average molecular weight is 253 g/mol. The lowest BCUT2D eigenvalue weighted by atomic mass is 10.0. The quantitative estimate of drug-likeness (QED) is 0.747. The fourth-order valence-electron chi connectivity index (χ4n) is 2.17. The third kappa shape index (κ3) is 2.27. The molecule has 3 aromatic rings. The minimum atomic E-state index is -0.282. The molecule has 94 valence electrons. The Morgan fingerprint density at radius 2 is 1.68 bits per heavy atom. The summed E-state index contributed by atoms with van der Waals surface area (Å²) in [4.78, 5) is 14.8. The Labute approximate surface area is 109 Å². The fourth-order valence-corrected chi connectivity index (χ4v) is 2.17. The standard InChI is InChI=1S/C16H12FNO/c17-14-7-3-1-5-11(14)9-13-10-12-6-2-4-8-15(12)18-16(13)19/h1-8,10H,9H2,(H,18,19). The summed E-state index contributed by atoms with van der Waals surface area (Å²) >= 11 is 0. The summed E-state index contributed by atoms with van der Waals surface area (Å²) in [5, 5.41) is 0.952. The maximum Gasteiger partial charge on any atom is 0.251 e. The van der Waals surface area contributed by atoms with Crippen LogP contribution in [0.25, 0.3) is 10.9 Å². The van der Waals surface area contributed by atoms with Crippen LogP contribution in [0, 0.1) is 5.82 Å². The van der Waals surface area contributed by atoms with Crippen LogP contribution < -0.4 is 5.56 Å². The fraction of sp³-hybridized carbons (Fsp3) is 0.0625. The summed E-state index contributed by atoms with van der Waals surface area (Å²) < 4.78 is 13.6. The number of para-hydroxylation sites is 1. The summed E-state index contributed by atoms with van der Waals surface area (Å²) in [7, 11) is 0. The van der Waals surface area contributed by atoms with E-state index in [1.54, 1.807) is 18.2 Å². The summed E-state index contributed by atoms with van der Waals surface area (Å²) in [5.41, 5.74) is 1.74. The predicted molar refractivity (Wildman–Crippen MR) is 73.8 cm³/mol. The van der Waals surface area contributed by atoms with Gasteiger partial charge in [-0.25, -0.2) is 4.39 Å². The molecule has 1 heterocycles. The third-order valence-corrected chi connectivity index (χ3v) is 3.17. The van der Waals surface area contributed by atoms with E-state index < -0.39 is 0 Å². The average Bonchev–Trinajstić information content (AvgIpc) is 2.42. The molecular formula is C16H12FNO. The first-order valence-corrected chi connectivity index (χ1v) is 6.08. The zero-order valence-corrected chi connectivity index (χ0v) is 10.2. The van der Waals surface area contributed by atoms with Crippen molar-refractivity contribution in [3.8, 4) is 0 Å². The van der Waals surface area contributed by atoms with Gasteiger partial charge in [-0.05, 0) is 29.1 Å². The van der Waals surface area contributed by atoms with Crippen molar-refractivity contribution in [2.45, 2.75) is 6.42 Å². The normalized spacial score (nSPS) is 10.8. The molecule has 0 fully saturated rings. The molecule has 0 saturated carbocycles. The van der Waals surface area contributed by atoms with Crippen molar-refractivity contribution in [1.29, 1.82) is 0 Å². The number of hydrogen-bond donors (Lipinski definition) is 1. The Kier molecular flexibility index (Phi) is 2.88. The molecule has 0 atom stereocenters. The van der Waals surface area contributed by atoms with E-state index in [1.807, 2.05) is 30.3 Å². The zero-order valence-electron chi connectivity index (χ0n) is 10.2. The second-order valence-corrected chi connectivity index (χ2v) is 4.48. The van der Waals surface area contributed by atoms with Crippen LogP contribution in [0.3, 0.4) is 0 Å². The van der Waals surface area contributed by atoms with Gasteiger partial charge >= 0.3 is 0 Å². The van der Waals surface area contributed by atoms with Gasteiger partial charge in [0.2, 0.25) is 0 Å². The van der Waals surface area contributed by atoms with Gasteiger partial charge in [-0.2, -0.15) is 0 Å². The number of aromatic nitrogens is 1. The molecule has 0 bridgehead atoms. The van der Waals surface area contributed by atoms with E-state index in [1.165, 1.54) is 6.07 Å². The van der Waals surface area contributed by atoms with E-state index in [4.69, 9.17) is 0 Å². The van der Waals surface area contributed by atoms with E-state index in [2.05, 4.69) is 4.98 Å². The second-order valence-electron chi connectivity index (χ2n) is 4.48. The highest BCUT2D eigenvalue weighted by atomic mass is 19.1. The summed E-state index contributed by atoms with van der Waals surface area (Å²) in [6.07, 6.45) is 0.298. The molecule has 1 N–H and O–H groups in total. The van der Waals surface area contributed by atoms with E-state index in [-0.39, 0.29) is 11.4 Å². The van der Waals surface area contributed by atoms with Gasteiger partial charge < -0.3 is 4.98 Å². The van der Waals surface area contributed by atoms with E-state index in [9.17, 15) is 9.18 Å². The Hall–Kier alpha value is -2.42. The van der Waals surface area contributed by atoms with Crippen LogP contribution in [0.4, 0.5) is 4.39 Å². The molecule has 0 aliphatic heterocycles. The van der Waals surface area contributed by atoms with Crippen LogP contribution in [0.1, 0.15) is 11.1 Å². The van der Waals surface area contributed by atoms with Crippen LogP contribution in [0.2, 0.25) is 0 Å². The first kappa shape index (κ1) is 11.7. The molecule has 2 nitrogen and oxygen atoms in total. The van der Waals surface area contributed by atoms with Crippen molar-refractivity contribution >= 4 is 10.9 Å². The second kappa shape index (κ2) is 4.69. The molecule has 0 saturated heterocycles. The van der Waals surface area contributed by atoms with Crippen molar-refractivity contribution in [3.05, 3.63) is 81.9 Å². The number of rotatable bonds is 2. The summed E-state index contributed by atoms with van der Waals surface area (Å²) in [6.45, 7) is 0. The highest BCUT2D eigenvalue weighted by Gasteiger charge is 2.07. The number of fused-ring (bicyclic) bond motifs is 1. The van der Waals surface area contributed by atoms with Gasteiger partial charge in [-0.3, -0.25) is 4.79 Å². The maximum atomic E-state index is 13.6. The lowest BCUT2D eigenvalue weighted by Crippen LogP contribution is -2.13. The third-order valence-electron chi connectivity index (χ3n) is 3.17. The molecule has 3 heteroatoms. The van der Waals surface area contributed by atoms with Gasteiger partial charge in [0, 0.05) is 17.5 Å². The van der Waals surface area contributed by atoms with E-state index in [0.29, 0.717) is 17.5 Å². The van der Waals surface area contributed by atoms with Gasteiger partial charge in [-0.15, -0.1) is 0 Å². The van der Waals surface area contributed by atoms with Gasteiger partial charge in [0.25, 0.3) is 5.56 Å². The van der Waals surface area contributed by atoms with Gasteiger partial charge in [-0.1, -0.05) is 36.4 Å². The molecule has 0 spiro atoms. The van der Waals surface area contributed by atoms with Crippen LogP contribution in [0.15, 0.2) is 59.4 Å². The lowest BCUT2D eigenvalue weighted by Gasteiger charge is -2.04. The van der Waals surface area contributed by atoms with Crippen LogP contribution in [-0.4, -0.2) is 4.98 Å². The van der Waals surface area contributed by atoms with Crippen LogP contribution in [-0.2, 0) is 6.42 Å². The summed E-state index contributed by atoms with van der Waals surface area (Å²) in [6, 6.07) is 15.9. The van der Waals surface area contributed by atoms with Crippen molar-refractivity contribution in [2.75, 3.05) is 0 Å². The first-order chi connectivity index (χ1) is 9.24. The van der Waals surface area contributed by atoms with Crippen molar-refractivity contribution in [2.24, 2.45) is 0 Å². The van der Waals surface area contributed by atoms with E-state index >= 15 is 0 Å². The number of H-pyrrole nitrogens is 1. The molecule has 0 aliphatic rings. The number of benzene rings is 2. The van der Waals surface area contributed by atoms with Crippen LogP contribution >= 0.6 is 0 Å². The number of aromatic amines is 1. The summed E-state index contributed by atoms with van der Waals surface area (Å²) in [5.74, 6) is -0.282. The molecule has 0 aliphatic carbocycles. The van der Waals surface area contributed by atoms with Crippen molar-refractivity contribution in [1.82, 2.24) is 4.98 Å². The number of pyridine rings is 1. The Morgan fingerprint density at radius 1 is 0.947 bits per heavy atom. The van der Waals surface area contributed by atoms with Gasteiger partial charge in [0.05, 0.1) is 0 Å². The molecule has 2 aromatic carbocycles. The highest BCUT2D eigenvalue weighted by Crippen LogP contribution is 2.14. The number of hydrogen-bond acceptors (Lipinski definition) is 1. The molecule has 3 rings (SSSR count). The largest absolute Gasteiger partial charge is 0.322 e. The van der Waals surface area contributed by atoms with E-state index in [0.717, 1.165) is 10.9 Å². The Bertz CT molecular complexity index is 792. The highest BCUT2D eigenvalue weighted by molar-refractivity contribution is 5.78. The van der Waals surface area contributed by atoms with Gasteiger partial charge in [0.15, 0.2) is 0 Å².